The first kappa shape index (κ1) is 13.0. The van der Waals surface area contributed by atoms with Crippen LogP contribution in [0.25, 0.3) is 0 Å². The van der Waals surface area contributed by atoms with Crippen LogP contribution in [0.3, 0.4) is 0 Å². The molecule has 0 aliphatic heterocycles. The minimum atomic E-state index is -0.355. The Hall–Kier alpha value is -0.0400. The minimum Gasteiger partial charge on any atom is -0.390 e. The van der Waals surface area contributed by atoms with E-state index in [1.807, 2.05) is 0 Å². The van der Waals surface area contributed by atoms with Gasteiger partial charge >= 0.3 is 0 Å². The first-order valence-electron chi connectivity index (χ1n) is 6.92. The zero-order valence-electron chi connectivity index (χ0n) is 10.6. The molecule has 1 aliphatic rings. The van der Waals surface area contributed by atoms with E-state index in [0.717, 1.165) is 31.6 Å². The van der Waals surface area contributed by atoms with E-state index in [4.69, 9.17) is 0 Å². The molecule has 1 atom stereocenters. The van der Waals surface area contributed by atoms with E-state index in [0.29, 0.717) is 0 Å². The third-order valence-corrected chi connectivity index (χ3v) is 4.12. The highest BCUT2D eigenvalue weighted by Crippen LogP contribution is 2.32. The summed E-state index contributed by atoms with van der Waals surface area (Å²) >= 11 is 0. The molecule has 0 aromatic heterocycles. The van der Waals surface area contributed by atoms with Crippen LogP contribution in [0.1, 0.15) is 78.1 Å². The third-order valence-electron chi connectivity index (χ3n) is 4.12. The average Bonchev–Trinajstić information content (AvgIpc) is 2.28. The second-order valence-corrected chi connectivity index (χ2v) is 5.37. The van der Waals surface area contributed by atoms with Crippen molar-refractivity contribution in [1.29, 1.82) is 0 Å². The van der Waals surface area contributed by atoms with Gasteiger partial charge in [0.05, 0.1) is 5.60 Å². The Labute approximate surface area is 95.3 Å². The molecule has 1 fully saturated rings. The Kier molecular flexibility index (Phi) is 5.66. The molecule has 0 bridgehead atoms. The summed E-state index contributed by atoms with van der Waals surface area (Å²) in [4.78, 5) is 0. The summed E-state index contributed by atoms with van der Waals surface area (Å²) in [6.45, 7) is 4.29. The molecule has 15 heavy (non-hydrogen) atoms. The van der Waals surface area contributed by atoms with E-state index < -0.39 is 0 Å². The summed E-state index contributed by atoms with van der Waals surface area (Å²) in [5.74, 6) is 0.911. The smallest absolute Gasteiger partial charge is 0.0645 e. The minimum absolute atomic E-state index is 0.355. The summed E-state index contributed by atoms with van der Waals surface area (Å²) in [6.07, 6.45) is 12.4. The van der Waals surface area contributed by atoms with Crippen LogP contribution in [0.4, 0.5) is 0 Å². The van der Waals surface area contributed by atoms with E-state index in [2.05, 4.69) is 13.8 Å². The molecule has 0 saturated heterocycles. The average molecular weight is 212 g/mol. The maximum absolute atomic E-state index is 10.4. The van der Waals surface area contributed by atoms with E-state index in [1.165, 1.54) is 38.5 Å². The topological polar surface area (TPSA) is 20.2 Å². The largest absolute Gasteiger partial charge is 0.390 e. The zero-order chi connectivity index (χ0) is 11.1. The van der Waals surface area contributed by atoms with Crippen LogP contribution in [0.5, 0.6) is 0 Å². The lowest BCUT2D eigenvalue weighted by Crippen LogP contribution is -2.28. The normalized spacial score (nSPS) is 22.6. The first-order chi connectivity index (χ1) is 7.20. The van der Waals surface area contributed by atoms with Crippen LogP contribution in [-0.2, 0) is 0 Å². The van der Waals surface area contributed by atoms with E-state index in [1.54, 1.807) is 0 Å². The monoisotopic (exact) mass is 212 g/mol. The molecule has 1 nitrogen and oxygen atoms in total. The molecule has 1 N–H and O–H groups in total. The van der Waals surface area contributed by atoms with E-state index in [9.17, 15) is 5.11 Å². The van der Waals surface area contributed by atoms with Gasteiger partial charge in [-0.2, -0.15) is 0 Å². The zero-order valence-corrected chi connectivity index (χ0v) is 10.6. The van der Waals surface area contributed by atoms with Crippen molar-refractivity contribution in [3.63, 3.8) is 0 Å². The van der Waals surface area contributed by atoms with E-state index >= 15 is 0 Å². The molecule has 1 aliphatic carbocycles. The molecular weight excluding hydrogens is 184 g/mol. The number of hydrogen-bond donors (Lipinski definition) is 1. The van der Waals surface area contributed by atoms with Gasteiger partial charge < -0.3 is 5.11 Å². The fourth-order valence-corrected chi connectivity index (χ4v) is 2.89. The molecule has 90 valence electrons. The Morgan fingerprint density at radius 2 is 1.73 bits per heavy atom. The molecule has 0 aromatic rings. The van der Waals surface area contributed by atoms with Crippen molar-refractivity contribution in [2.45, 2.75) is 83.7 Å². The Morgan fingerprint density at radius 3 is 2.27 bits per heavy atom. The van der Waals surface area contributed by atoms with Crippen LogP contribution in [0, 0.1) is 5.92 Å². The number of rotatable bonds is 6. The van der Waals surface area contributed by atoms with Gasteiger partial charge in [-0.15, -0.1) is 0 Å². The lowest BCUT2D eigenvalue weighted by molar-refractivity contribution is 0.0108. The maximum Gasteiger partial charge on any atom is 0.0645 e. The molecule has 1 saturated carbocycles. The van der Waals surface area contributed by atoms with Gasteiger partial charge in [0.2, 0.25) is 0 Å². The first-order valence-corrected chi connectivity index (χ1v) is 6.92. The van der Waals surface area contributed by atoms with Crippen LogP contribution < -0.4 is 0 Å². The lowest BCUT2D eigenvalue weighted by Gasteiger charge is -2.30. The Bertz CT molecular complexity index is 161. The van der Waals surface area contributed by atoms with Crippen molar-refractivity contribution in [1.82, 2.24) is 0 Å². The van der Waals surface area contributed by atoms with Crippen molar-refractivity contribution in [3.8, 4) is 0 Å². The van der Waals surface area contributed by atoms with Gasteiger partial charge in [-0.05, 0) is 31.6 Å². The van der Waals surface area contributed by atoms with Crippen LogP contribution >= 0.6 is 0 Å². The third kappa shape index (κ3) is 4.55. The predicted molar refractivity (Wildman–Crippen MR) is 66.0 cm³/mol. The molecule has 0 spiro atoms. The van der Waals surface area contributed by atoms with E-state index in [-0.39, 0.29) is 5.60 Å². The van der Waals surface area contributed by atoms with Gasteiger partial charge in [0, 0.05) is 0 Å². The summed E-state index contributed by atoms with van der Waals surface area (Å²) in [7, 11) is 0. The highest BCUT2D eigenvalue weighted by molar-refractivity contribution is 4.78. The highest BCUT2D eigenvalue weighted by Gasteiger charge is 2.25. The molecular formula is C14H28O. The van der Waals surface area contributed by atoms with Gasteiger partial charge in [-0.25, -0.2) is 0 Å². The fraction of sp³-hybridized carbons (Fsp3) is 1.00. The Morgan fingerprint density at radius 1 is 1.07 bits per heavy atom. The quantitative estimate of drug-likeness (QED) is 0.696. The number of hydrogen-bond acceptors (Lipinski definition) is 1. The van der Waals surface area contributed by atoms with Crippen molar-refractivity contribution in [2.24, 2.45) is 5.92 Å². The summed E-state index contributed by atoms with van der Waals surface area (Å²) in [6, 6.07) is 0. The van der Waals surface area contributed by atoms with Crippen LogP contribution in [-0.4, -0.2) is 10.7 Å². The molecule has 1 unspecified atom stereocenters. The van der Waals surface area contributed by atoms with Crippen LogP contribution in [0.2, 0.25) is 0 Å². The second kappa shape index (κ2) is 6.52. The molecule has 0 amide bonds. The highest BCUT2D eigenvalue weighted by atomic mass is 16.3. The van der Waals surface area contributed by atoms with Gasteiger partial charge in [0.25, 0.3) is 0 Å². The SMILES string of the molecule is CCCC(O)(CC)CCC1CCCCC1. The van der Waals surface area contributed by atoms with Gasteiger partial charge in [0.1, 0.15) is 0 Å². The van der Waals surface area contributed by atoms with Gasteiger partial charge in [0.15, 0.2) is 0 Å². The predicted octanol–water partition coefficient (Wildman–Crippen LogP) is 4.29. The lowest BCUT2D eigenvalue weighted by atomic mass is 9.81. The summed E-state index contributed by atoms with van der Waals surface area (Å²) in [5, 5.41) is 10.4. The van der Waals surface area contributed by atoms with Crippen LogP contribution in [0.15, 0.2) is 0 Å². The molecule has 0 radical (unpaired) electrons. The van der Waals surface area contributed by atoms with Crippen molar-refractivity contribution in [2.75, 3.05) is 0 Å². The van der Waals surface area contributed by atoms with Gasteiger partial charge in [-0.3, -0.25) is 0 Å². The molecule has 0 heterocycles. The molecule has 0 aromatic carbocycles. The summed E-state index contributed by atoms with van der Waals surface area (Å²) in [5.41, 5.74) is -0.355. The molecule has 1 heteroatoms. The number of aliphatic hydroxyl groups is 1. The van der Waals surface area contributed by atoms with Crippen molar-refractivity contribution >= 4 is 0 Å². The molecule has 1 rings (SSSR count). The standard InChI is InChI=1S/C14H28O/c1-3-11-14(15,4-2)12-10-13-8-6-5-7-9-13/h13,15H,3-12H2,1-2H3. The van der Waals surface area contributed by atoms with Crippen molar-refractivity contribution < 1.29 is 5.11 Å². The Balaban J connectivity index is 2.25. The van der Waals surface area contributed by atoms with Gasteiger partial charge in [-0.1, -0.05) is 52.4 Å². The summed E-state index contributed by atoms with van der Waals surface area (Å²) < 4.78 is 0. The second-order valence-electron chi connectivity index (χ2n) is 5.37. The van der Waals surface area contributed by atoms with Crippen molar-refractivity contribution in [3.05, 3.63) is 0 Å². The maximum atomic E-state index is 10.4. The fourth-order valence-electron chi connectivity index (χ4n) is 2.89.